The molecule has 1 N–H and O–H groups in total. The molecule has 1 aromatic heterocycles. The lowest BCUT2D eigenvalue weighted by atomic mass is 10.2. The minimum Gasteiger partial charge on any atom is -0.366 e. The number of thioether (sulfide) groups is 1. The zero-order chi connectivity index (χ0) is 9.10. The predicted octanol–water partition coefficient (Wildman–Crippen LogP) is 2.76. The SMILES string of the molecule is Brc1ccnc(NC2CCSC2)c1. The van der Waals surface area contributed by atoms with E-state index in [1.54, 1.807) is 0 Å². The summed E-state index contributed by atoms with van der Waals surface area (Å²) in [5, 5.41) is 3.42. The topological polar surface area (TPSA) is 24.9 Å². The van der Waals surface area contributed by atoms with Crippen molar-refractivity contribution in [3.05, 3.63) is 22.8 Å². The van der Waals surface area contributed by atoms with Gasteiger partial charge in [-0.05, 0) is 24.3 Å². The summed E-state index contributed by atoms with van der Waals surface area (Å²) in [6.07, 6.45) is 3.06. The van der Waals surface area contributed by atoms with E-state index in [-0.39, 0.29) is 0 Å². The fourth-order valence-corrected chi connectivity index (χ4v) is 2.83. The van der Waals surface area contributed by atoms with Crippen LogP contribution >= 0.6 is 27.7 Å². The number of anilines is 1. The van der Waals surface area contributed by atoms with E-state index in [1.165, 1.54) is 17.9 Å². The predicted molar refractivity (Wildman–Crippen MR) is 61.3 cm³/mol. The molecule has 13 heavy (non-hydrogen) atoms. The van der Waals surface area contributed by atoms with Gasteiger partial charge >= 0.3 is 0 Å². The Morgan fingerprint density at radius 3 is 3.23 bits per heavy atom. The Morgan fingerprint density at radius 1 is 1.62 bits per heavy atom. The normalized spacial score (nSPS) is 21.8. The Bertz CT molecular complexity index is 287. The molecular formula is C9H11BrN2S. The molecule has 0 radical (unpaired) electrons. The zero-order valence-corrected chi connectivity index (χ0v) is 9.57. The summed E-state index contributed by atoms with van der Waals surface area (Å²) in [5.74, 6) is 3.45. The van der Waals surface area contributed by atoms with Crippen LogP contribution in [0.1, 0.15) is 6.42 Å². The van der Waals surface area contributed by atoms with Crippen LogP contribution in [0.15, 0.2) is 22.8 Å². The quantitative estimate of drug-likeness (QED) is 0.884. The minimum absolute atomic E-state index is 0.604. The number of nitrogens with zero attached hydrogens (tertiary/aromatic N) is 1. The van der Waals surface area contributed by atoms with Crippen molar-refractivity contribution in [2.75, 3.05) is 16.8 Å². The van der Waals surface area contributed by atoms with E-state index in [1.807, 2.05) is 30.1 Å². The maximum atomic E-state index is 4.25. The van der Waals surface area contributed by atoms with Gasteiger partial charge in [-0.2, -0.15) is 11.8 Å². The molecule has 0 aliphatic carbocycles. The van der Waals surface area contributed by atoms with Crippen molar-refractivity contribution < 1.29 is 0 Å². The Morgan fingerprint density at radius 2 is 2.54 bits per heavy atom. The number of hydrogen-bond donors (Lipinski definition) is 1. The highest BCUT2D eigenvalue weighted by atomic mass is 79.9. The number of aromatic nitrogens is 1. The fraction of sp³-hybridized carbons (Fsp3) is 0.444. The molecule has 2 rings (SSSR count). The van der Waals surface area contributed by atoms with Crippen LogP contribution in [0.2, 0.25) is 0 Å². The number of rotatable bonds is 2. The van der Waals surface area contributed by atoms with Gasteiger partial charge in [0.1, 0.15) is 5.82 Å². The van der Waals surface area contributed by atoms with E-state index < -0.39 is 0 Å². The summed E-state index contributed by atoms with van der Waals surface area (Å²) in [4.78, 5) is 4.25. The molecule has 1 saturated heterocycles. The van der Waals surface area contributed by atoms with Crippen molar-refractivity contribution in [2.45, 2.75) is 12.5 Å². The third kappa shape index (κ3) is 2.61. The lowest BCUT2D eigenvalue weighted by molar-refractivity contribution is 0.806. The van der Waals surface area contributed by atoms with E-state index in [4.69, 9.17) is 0 Å². The van der Waals surface area contributed by atoms with E-state index in [0.717, 1.165) is 10.3 Å². The molecule has 0 bridgehead atoms. The summed E-state index contributed by atoms with van der Waals surface area (Å²) in [5.41, 5.74) is 0. The first-order valence-electron chi connectivity index (χ1n) is 4.30. The smallest absolute Gasteiger partial charge is 0.127 e. The molecule has 2 nitrogen and oxygen atoms in total. The van der Waals surface area contributed by atoms with Crippen LogP contribution in [0.5, 0.6) is 0 Å². The average molecular weight is 259 g/mol. The highest BCUT2D eigenvalue weighted by Gasteiger charge is 2.14. The highest BCUT2D eigenvalue weighted by Crippen LogP contribution is 2.21. The van der Waals surface area contributed by atoms with Crippen LogP contribution in [-0.2, 0) is 0 Å². The zero-order valence-electron chi connectivity index (χ0n) is 7.16. The Labute approximate surface area is 90.6 Å². The summed E-state index contributed by atoms with van der Waals surface area (Å²) in [6.45, 7) is 0. The first-order chi connectivity index (χ1) is 6.34. The van der Waals surface area contributed by atoms with E-state index >= 15 is 0 Å². The number of nitrogens with one attached hydrogen (secondary N) is 1. The van der Waals surface area contributed by atoms with Gasteiger partial charge in [0.25, 0.3) is 0 Å². The number of halogens is 1. The molecule has 0 amide bonds. The molecule has 1 aromatic rings. The van der Waals surface area contributed by atoms with Gasteiger partial charge in [-0.15, -0.1) is 0 Å². The van der Waals surface area contributed by atoms with Crippen molar-refractivity contribution in [1.82, 2.24) is 4.98 Å². The van der Waals surface area contributed by atoms with Crippen LogP contribution in [0.3, 0.4) is 0 Å². The van der Waals surface area contributed by atoms with Gasteiger partial charge in [0.15, 0.2) is 0 Å². The van der Waals surface area contributed by atoms with Crippen LogP contribution in [0, 0.1) is 0 Å². The van der Waals surface area contributed by atoms with Gasteiger partial charge in [0.2, 0.25) is 0 Å². The van der Waals surface area contributed by atoms with Crippen molar-refractivity contribution >= 4 is 33.5 Å². The molecule has 70 valence electrons. The molecule has 2 heterocycles. The molecule has 1 fully saturated rings. The van der Waals surface area contributed by atoms with Gasteiger partial charge in [-0.3, -0.25) is 0 Å². The molecule has 1 aliphatic rings. The highest BCUT2D eigenvalue weighted by molar-refractivity contribution is 9.10. The standard InChI is InChI=1S/C9H11BrN2S/c10-7-1-3-11-9(5-7)12-8-2-4-13-6-8/h1,3,5,8H,2,4,6H2,(H,11,12). The maximum Gasteiger partial charge on any atom is 0.127 e. The van der Waals surface area contributed by atoms with Crippen LogP contribution < -0.4 is 5.32 Å². The lowest BCUT2D eigenvalue weighted by Gasteiger charge is -2.11. The molecule has 0 saturated carbocycles. The molecule has 1 aliphatic heterocycles. The van der Waals surface area contributed by atoms with Crippen molar-refractivity contribution in [3.8, 4) is 0 Å². The second-order valence-corrected chi connectivity index (χ2v) is 5.13. The Hall–Kier alpha value is -0.220. The summed E-state index contributed by atoms with van der Waals surface area (Å²) in [6, 6.07) is 4.56. The number of pyridine rings is 1. The molecule has 4 heteroatoms. The van der Waals surface area contributed by atoms with E-state index in [9.17, 15) is 0 Å². The summed E-state index contributed by atoms with van der Waals surface area (Å²) >= 11 is 5.43. The van der Waals surface area contributed by atoms with Crippen LogP contribution in [0.4, 0.5) is 5.82 Å². The van der Waals surface area contributed by atoms with Gasteiger partial charge in [0.05, 0.1) is 0 Å². The average Bonchev–Trinajstić information content (AvgIpc) is 2.57. The van der Waals surface area contributed by atoms with Crippen molar-refractivity contribution in [1.29, 1.82) is 0 Å². The second-order valence-electron chi connectivity index (χ2n) is 3.06. The molecular weight excluding hydrogens is 248 g/mol. The third-order valence-electron chi connectivity index (χ3n) is 2.00. The van der Waals surface area contributed by atoms with Gasteiger partial charge in [-0.1, -0.05) is 15.9 Å². The van der Waals surface area contributed by atoms with E-state index in [2.05, 4.69) is 26.2 Å². The molecule has 0 aromatic carbocycles. The van der Waals surface area contributed by atoms with E-state index in [0.29, 0.717) is 6.04 Å². The Balaban J connectivity index is 2.00. The van der Waals surface area contributed by atoms with Crippen molar-refractivity contribution in [2.24, 2.45) is 0 Å². The van der Waals surface area contributed by atoms with Gasteiger partial charge < -0.3 is 5.32 Å². The summed E-state index contributed by atoms with van der Waals surface area (Å²) < 4.78 is 1.08. The molecule has 1 unspecified atom stereocenters. The lowest BCUT2D eigenvalue weighted by Crippen LogP contribution is -2.18. The van der Waals surface area contributed by atoms with Crippen molar-refractivity contribution in [3.63, 3.8) is 0 Å². The minimum atomic E-state index is 0.604. The van der Waals surface area contributed by atoms with Gasteiger partial charge in [-0.25, -0.2) is 4.98 Å². The fourth-order valence-electron chi connectivity index (χ4n) is 1.34. The third-order valence-corrected chi connectivity index (χ3v) is 3.66. The van der Waals surface area contributed by atoms with Crippen LogP contribution in [-0.4, -0.2) is 22.5 Å². The maximum absolute atomic E-state index is 4.25. The monoisotopic (exact) mass is 258 g/mol. The summed E-state index contributed by atoms with van der Waals surface area (Å²) in [7, 11) is 0. The molecule has 1 atom stereocenters. The Kier molecular flexibility index (Phi) is 3.11. The van der Waals surface area contributed by atoms with Gasteiger partial charge in [0, 0.05) is 22.5 Å². The first-order valence-corrected chi connectivity index (χ1v) is 6.25. The van der Waals surface area contributed by atoms with Crippen LogP contribution in [0.25, 0.3) is 0 Å². The molecule has 0 spiro atoms. The second kappa shape index (κ2) is 4.33. The number of hydrogen-bond acceptors (Lipinski definition) is 3. The largest absolute Gasteiger partial charge is 0.366 e. The first kappa shape index (κ1) is 9.34.